The molecule has 0 rings (SSSR count). The molecule has 0 fully saturated rings. The van der Waals surface area contributed by atoms with E-state index in [1.54, 1.807) is 0 Å². The molecule has 0 aromatic heterocycles. The van der Waals surface area contributed by atoms with Crippen molar-refractivity contribution in [3.8, 4) is 0 Å². The number of rotatable bonds is 18. The predicted octanol–water partition coefficient (Wildman–Crippen LogP) is 7.20. The molecule has 0 bridgehead atoms. The zero-order valence-electron chi connectivity index (χ0n) is 20.2. The monoisotopic (exact) mass is 509 g/mol. The van der Waals surface area contributed by atoms with E-state index in [0.717, 1.165) is 32.1 Å². The first-order chi connectivity index (χ1) is 15.7. The van der Waals surface area contributed by atoms with Crippen LogP contribution in [0, 0.1) is 5.92 Å². The summed E-state index contributed by atoms with van der Waals surface area (Å²) in [5.74, 6) is -17.6. The van der Waals surface area contributed by atoms with Crippen LogP contribution in [0.5, 0.6) is 0 Å². The van der Waals surface area contributed by atoms with Crippen molar-refractivity contribution >= 4 is 11.9 Å². The Hall–Kier alpha value is -1.55. The fourth-order valence-corrected chi connectivity index (χ4v) is 3.26. The molecule has 0 saturated carbocycles. The van der Waals surface area contributed by atoms with Crippen molar-refractivity contribution in [3.63, 3.8) is 0 Å². The van der Waals surface area contributed by atoms with Crippen molar-refractivity contribution in [2.75, 3.05) is 6.61 Å². The van der Waals surface area contributed by atoms with Gasteiger partial charge in [0.1, 0.15) is 6.04 Å². The van der Waals surface area contributed by atoms with Crippen LogP contribution >= 0.6 is 0 Å². The summed E-state index contributed by atoms with van der Waals surface area (Å²) in [5, 5.41) is 1.29. The van der Waals surface area contributed by atoms with E-state index in [-0.39, 0.29) is 6.61 Å². The van der Waals surface area contributed by atoms with Gasteiger partial charge in [0.2, 0.25) is 0 Å². The molecule has 0 aromatic carbocycles. The molecule has 0 aliphatic heterocycles. The fourth-order valence-electron chi connectivity index (χ4n) is 3.26. The number of amides is 1. The average Bonchev–Trinajstić information content (AvgIpc) is 2.73. The number of carbonyl (C=O) groups excluding carboxylic acids is 2. The Kier molecular flexibility index (Phi) is 14.7. The van der Waals surface area contributed by atoms with Crippen LogP contribution in [0.3, 0.4) is 0 Å². The van der Waals surface area contributed by atoms with Gasteiger partial charge in [-0.25, -0.2) is 4.79 Å². The van der Waals surface area contributed by atoms with Crippen LogP contribution in [0.15, 0.2) is 0 Å². The maximum absolute atomic E-state index is 13.5. The Morgan fingerprint density at radius 3 is 1.53 bits per heavy atom. The van der Waals surface area contributed by atoms with Gasteiger partial charge in [0.25, 0.3) is 5.91 Å². The van der Waals surface area contributed by atoms with Crippen molar-refractivity contribution in [3.05, 3.63) is 0 Å². The number of hydrogen-bond acceptors (Lipinski definition) is 3. The molecule has 202 valence electrons. The first kappa shape index (κ1) is 32.5. The number of nitrogens with one attached hydrogen (secondary N) is 1. The van der Waals surface area contributed by atoms with E-state index in [2.05, 4.69) is 6.92 Å². The van der Waals surface area contributed by atoms with Crippen LogP contribution in [0.4, 0.5) is 30.7 Å². The first-order valence-corrected chi connectivity index (χ1v) is 12.0. The number of unbranched alkanes of at least 4 members (excludes halogenated alkanes) is 11. The maximum atomic E-state index is 13.5. The first-order valence-electron chi connectivity index (χ1n) is 12.0. The molecular weight excluding hydrogens is 471 g/mol. The highest BCUT2D eigenvalue weighted by atomic mass is 19.4. The van der Waals surface area contributed by atoms with E-state index in [0.29, 0.717) is 6.42 Å². The van der Waals surface area contributed by atoms with Gasteiger partial charge in [0.15, 0.2) is 0 Å². The van der Waals surface area contributed by atoms with Gasteiger partial charge in [-0.1, -0.05) is 91.4 Å². The quantitative estimate of drug-likeness (QED) is 0.121. The summed E-state index contributed by atoms with van der Waals surface area (Å²) in [6, 6.07) is -1.79. The van der Waals surface area contributed by atoms with Gasteiger partial charge in [0, 0.05) is 0 Å². The molecule has 0 aliphatic carbocycles. The number of halogens is 7. The second-order valence-electron chi connectivity index (χ2n) is 8.90. The predicted molar refractivity (Wildman–Crippen MR) is 115 cm³/mol. The molecule has 0 heterocycles. The summed E-state index contributed by atoms with van der Waals surface area (Å²) in [6.45, 7) is 4.70. The van der Waals surface area contributed by atoms with E-state index in [1.165, 1.54) is 57.7 Å². The molecule has 11 heteroatoms. The lowest BCUT2D eigenvalue weighted by Gasteiger charge is -2.29. The summed E-state index contributed by atoms with van der Waals surface area (Å²) >= 11 is 0. The van der Waals surface area contributed by atoms with E-state index in [1.807, 2.05) is 0 Å². The molecule has 1 N–H and O–H groups in total. The third kappa shape index (κ3) is 10.8. The molecule has 0 aliphatic rings. The lowest BCUT2D eigenvalue weighted by atomic mass is 10.0. The topological polar surface area (TPSA) is 55.4 Å². The number of carbonyl (C=O) groups is 2. The molecule has 0 saturated heterocycles. The molecule has 0 spiro atoms. The molecule has 0 radical (unpaired) electrons. The average molecular weight is 510 g/mol. The van der Waals surface area contributed by atoms with Gasteiger partial charge in [-0.2, -0.15) is 30.7 Å². The van der Waals surface area contributed by atoms with Crippen molar-refractivity contribution in [2.45, 2.75) is 122 Å². The van der Waals surface area contributed by atoms with E-state index < -0.39 is 41.9 Å². The van der Waals surface area contributed by atoms with Crippen LogP contribution in [0.25, 0.3) is 0 Å². The van der Waals surface area contributed by atoms with Crippen molar-refractivity contribution in [2.24, 2.45) is 5.92 Å². The molecular formula is C23H38F7NO3. The van der Waals surface area contributed by atoms with Crippen LogP contribution in [-0.2, 0) is 14.3 Å². The van der Waals surface area contributed by atoms with Crippen LogP contribution in [0.1, 0.15) is 97.8 Å². The minimum atomic E-state index is -6.64. The highest BCUT2D eigenvalue weighted by Gasteiger charge is 2.76. The molecule has 1 amide bonds. The van der Waals surface area contributed by atoms with E-state index >= 15 is 0 Å². The summed E-state index contributed by atoms with van der Waals surface area (Å²) in [6.07, 6.45) is 6.26. The summed E-state index contributed by atoms with van der Waals surface area (Å²) in [4.78, 5) is 23.6. The van der Waals surface area contributed by atoms with Gasteiger partial charge >= 0.3 is 24.0 Å². The smallest absolute Gasteiger partial charge is 0.460 e. The summed E-state index contributed by atoms with van der Waals surface area (Å²) in [7, 11) is 0. The highest BCUT2D eigenvalue weighted by molar-refractivity contribution is 5.89. The van der Waals surface area contributed by atoms with Crippen LogP contribution < -0.4 is 5.32 Å². The molecule has 0 aromatic rings. The summed E-state index contributed by atoms with van der Waals surface area (Å²) < 4.78 is 94.8. The number of hydrogen-bond donors (Lipinski definition) is 1. The lowest BCUT2D eigenvalue weighted by molar-refractivity contribution is -0.344. The number of alkyl halides is 7. The SMILES string of the molecule is CCCCCCCCCCCCCCOC(=O)C(NC(=O)C(F)(F)C(F)(F)C(F)(F)F)C(C)C. The van der Waals surface area contributed by atoms with Gasteiger partial charge in [-0.15, -0.1) is 0 Å². The van der Waals surface area contributed by atoms with Crippen molar-refractivity contribution in [1.82, 2.24) is 5.32 Å². The minimum Gasteiger partial charge on any atom is -0.464 e. The van der Waals surface area contributed by atoms with Crippen molar-refractivity contribution < 1.29 is 45.1 Å². The summed E-state index contributed by atoms with van der Waals surface area (Å²) in [5.41, 5.74) is 0. The van der Waals surface area contributed by atoms with Gasteiger partial charge in [0.05, 0.1) is 6.61 Å². The van der Waals surface area contributed by atoms with Gasteiger partial charge < -0.3 is 10.1 Å². The Morgan fingerprint density at radius 1 is 0.735 bits per heavy atom. The molecule has 1 unspecified atom stereocenters. The highest BCUT2D eigenvalue weighted by Crippen LogP contribution is 2.46. The normalized spacial score (nSPS) is 13.7. The third-order valence-corrected chi connectivity index (χ3v) is 5.48. The van der Waals surface area contributed by atoms with Crippen LogP contribution in [-0.4, -0.2) is 42.5 Å². The van der Waals surface area contributed by atoms with E-state index in [9.17, 15) is 40.3 Å². The van der Waals surface area contributed by atoms with Gasteiger partial charge in [-0.3, -0.25) is 4.79 Å². The standard InChI is InChI=1S/C23H38F7NO3/c1-4-5-6-7-8-9-10-11-12-13-14-15-16-34-19(32)18(17(2)3)31-20(33)21(24,25)22(26,27)23(28,29)30/h17-18H,4-16H2,1-3H3,(H,31,33). The second-order valence-corrected chi connectivity index (χ2v) is 8.90. The van der Waals surface area contributed by atoms with Crippen LogP contribution in [0.2, 0.25) is 0 Å². The number of ether oxygens (including phenoxy) is 1. The Morgan fingerprint density at radius 2 is 1.15 bits per heavy atom. The molecule has 34 heavy (non-hydrogen) atoms. The van der Waals surface area contributed by atoms with Gasteiger partial charge in [-0.05, 0) is 12.3 Å². The third-order valence-electron chi connectivity index (χ3n) is 5.48. The maximum Gasteiger partial charge on any atom is 0.460 e. The Bertz CT molecular complexity index is 596. The van der Waals surface area contributed by atoms with E-state index in [4.69, 9.17) is 4.74 Å². The fraction of sp³-hybridized carbons (Fsp3) is 0.913. The lowest BCUT2D eigenvalue weighted by Crippen LogP contribution is -2.62. The zero-order chi connectivity index (χ0) is 26.4. The molecule has 1 atom stereocenters. The Labute approximate surface area is 197 Å². The largest absolute Gasteiger partial charge is 0.464 e. The Balaban J connectivity index is 4.32. The number of esters is 1. The zero-order valence-corrected chi connectivity index (χ0v) is 20.2. The second kappa shape index (κ2) is 15.4. The molecule has 4 nitrogen and oxygen atoms in total. The van der Waals surface area contributed by atoms with Crippen molar-refractivity contribution in [1.29, 1.82) is 0 Å². The minimum absolute atomic E-state index is 0.0789.